The van der Waals surface area contributed by atoms with Crippen LogP contribution in [0.3, 0.4) is 0 Å². The SMILES string of the molecule is CC(=O)O.CC(C)(C)C1CCCCC1=O.CC(C)(C)C1CCCc2cncnc21.N=CN. The number of nitrogens with two attached hydrogens (primary N) is 1. The Hall–Kier alpha value is -2.31. The van der Waals surface area contributed by atoms with Crippen LogP contribution in [0.15, 0.2) is 12.5 Å². The highest BCUT2D eigenvalue weighted by Crippen LogP contribution is 2.42. The number of carboxylic acids is 1. The number of nitrogens with zero attached hydrogens (tertiary/aromatic N) is 2. The molecule has 0 radical (unpaired) electrons. The number of ketones is 1. The smallest absolute Gasteiger partial charge is 0.300 e. The normalized spacial score (nSPS) is 20.0. The van der Waals surface area contributed by atoms with Crippen molar-refractivity contribution >= 4 is 18.1 Å². The minimum Gasteiger partial charge on any atom is -0.481 e. The lowest BCUT2D eigenvalue weighted by Crippen LogP contribution is -2.30. The van der Waals surface area contributed by atoms with Crippen LogP contribution < -0.4 is 5.73 Å². The number of fused-ring (bicyclic) bond motifs is 1. The molecule has 0 saturated heterocycles. The number of Topliss-reactive ketones (excluding diaryl/α,β-unsaturated/α-hetero) is 1. The first-order valence-electron chi connectivity index (χ1n) is 11.5. The largest absolute Gasteiger partial charge is 0.481 e. The molecule has 1 aromatic heterocycles. The molecule has 4 N–H and O–H groups in total. The Morgan fingerprint density at radius 2 is 1.56 bits per heavy atom. The summed E-state index contributed by atoms with van der Waals surface area (Å²) in [6, 6.07) is 0. The fourth-order valence-corrected chi connectivity index (χ4v) is 4.25. The molecule has 0 spiro atoms. The third kappa shape index (κ3) is 11.3. The number of carbonyl (C=O) groups is 2. The number of aryl methyl sites for hydroxylation is 1. The molecule has 2 aliphatic carbocycles. The molecule has 1 heterocycles. The van der Waals surface area contributed by atoms with Crippen LogP contribution in [0.25, 0.3) is 0 Å². The number of hydrogen-bond donors (Lipinski definition) is 3. The fourth-order valence-electron chi connectivity index (χ4n) is 4.25. The lowest BCUT2D eigenvalue weighted by molar-refractivity contribution is -0.134. The first-order valence-corrected chi connectivity index (χ1v) is 11.5. The zero-order valence-electron chi connectivity index (χ0n) is 21.1. The van der Waals surface area contributed by atoms with Gasteiger partial charge in [-0.3, -0.25) is 15.0 Å². The number of nitrogens with one attached hydrogen (secondary N) is 1. The predicted octanol–water partition coefficient (Wildman–Crippen LogP) is 5.38. The van der Waals surface area contributed by atoms with Crippen molar-refractivity contribution in [1.29, 1.82) is 5.41 Å². The summed E-state index contributed by atoms with van der Waals surface area (Å²) in [5.74, 6) is 0.592. The highest BCUT2D eigenvalue weighted by molar-refractivity contribution is 5.82. The summed E-state index contributed by atoms with van der Waals surface area (Å²) >= 11 is 0. The molecule has 1 saturated carbocycles. The van der Waals surface area contributed by atoms with E-state index in [9.17, 15) is 4.79 Å². The van der Waals surface area contributed by atoms with E-state index in [1.165, 1.54) is 30.5 Å². The minimum atomic E-state index is -0.833. The quantitative estimate of drug-likeness (QED) is 0.361. The zero-order chi connectivity index (χ0) is 24.9. The third-order valence-corrected chi connectivity index (χ3v) is 5.74. The van der Waals surface area contributed by atoms with Gasteiger partial charge in [-0.15, -0.1) is 0 Å². The first-order chi connectivity index (χ1) is 14.8. The molecule has 7 nitrogen and oxygen atoms in total. The topological polar surface area (TPSA) is 130 Å². The lowest BCUT2D eigenvalue weighted by atomic mass is 9.72. The molecule has 182 valence electrons. The Kier molecular flexibility index (Phi) is 13.0. The van der Waals surface area contributed by atoms with Gasteiger partial charge in [0.05, 0.1) is 12.0 Å². The highest BCUT2D eigenvalue weighted by atomic mass is 16.4. The molecular weight excluding hydrogens is 404 g/mol. The van der Waals surface area contributed by atoms with Crippen LogP contribution in [0.1, 0.15) is 104 Å². The summed E-state index contributed by atoms with van der Waals surface area (Å²) in [6.07, 6.45) is 12.4. The molecule has 0 aromatic carbocycles. The van der Waals surface area contributed by atoms with E-state index < -0.39 is 5.97 Å². The molecule has 2 aliphatic rings. The molecule has 32 heavy (non-hydrogen) atoms. The van der Waals surface area contributed by atoms with Crippen LogP contribution in [-0.2, 0) is 16.0 Å². The van der Waals surface area contributed by atoms with Gasteiger partial charge in [0.15, 0.2) is 0 Å². The van der Waals surface area contributed by atoms with Crippen molar-refractivity contribution < 1.29 is 14.7 Å². The number of rotatable bonds is 0. The molecule has 7 heteroatoms. The second-order valence-corrected chi connectivity index (χ2v) is 10.6. The van der Waals surface area contributed by atoms with Crippen molar-refractivity contribution in [2.24, 2.45) is 22.5 Å². The number of carbonyl (C=O) groups excluding carboxylic acids is 1. The van der Waals surface area contributed by atoms with Gasteiger partial charge < -0.3 is 10.8 Å². The van der Waals surface area contributed by atoms with Crippen LogP contribution in [0.4, 0.5) is 0 Å². The van der Waals surface area contributed by atoms with E-state index in [1.54, 1.807) is 6.33 Å². The number of carboxylic acid groups (broad SMARTS) is 1. The van der Waals surface area contributed by atoms with Crippen LogP contribution in [0.2, 0.25) is 0 Å². The van der Waals surface area contributed by atoms with Crippen LogP contribution in [0, 0.1) is 22.2 Å². The van der Waals surface area contributed by atoms with Gasteiger partial charge in [0.25, 0.3) is 5.97 Å². The summed E-state index contributed by atoms with van der Waals surface area (Å²) in [7, 11) is 0. The van der Waals surface area contributed by atoms with Gasteiger partial charge in [-0.25, -0.2) is 9.97 Å². The highest BCUT2D eigenvalue weighted by Gasteiger charge is 2.32. The molecule has 1 aromatic rings. The average Bonchev–Trinajstić information content (AvgIpc) is 2.67. The zero-order valence-corrected chi connectivity index (χ0v) is 21.1. The number of aromatic nitrogens is 2. The number of hydrogen-bond acceptors (Lipinski definition) is 5. The van der Waals surface area contributed by atoms with Crippen molar-refractivity contribution in [2.45, 2.75) is 99.3 Å². The number of aliphatic carboxylic acids is 1. The van der Waals surface area contributed by atoms with E-state index in [1.807, 2.05) is 6.20 Å². The maximum Gasteiger partial charge on any atom is 0.300 e. The molecule has 3 rings (SSSR count). The van der Waals surface area contributed by atoms with Gasteiger partial charge in [0.1, 0.15) is 12.1 Å². The van der Waals surface area contributed by atoms with E-state index in [0.29, 0.717) is 23.0 Å². The van der Waals surface area contributed by atoms with E-state index in [0.717, 1.165) is 38.9 Å². The van der Waals surface area contributed by atoms with Gasteiger partial charge in [0.2, 0.25) is 0 Å². The molecule has 0 amide bonds. The first kappa shape index (κ1) is 29.7. The van der Waals surface area contributed by atoms with E-state index >= 15 is 0 Å². The fraction of sp³-hybridized carbons (Fsp3) is 0.720. The molecular formula is C25H44N4O3. The summed E-state index contributed by atoms with van der Waals surface area (Å²) in [4.78, 5) is 29.0. The minimum absolute atomic E-state index is 0.192. The maximum atomic E-state index is 11.4. The second-order valence-electron chi connectivity index (χ2n) is 10.6. The van der Waals surface area contributed by atoms with Crippen molar-refractivity contribution in [1.82, 2.24) is 9.97 Å². The van der Waals surface area contributed by atoms with E-state index in [4.69, 9.17) is 15.3 Å². The van der Waals surface area contributed by atoms with Gasteiger partial charge in [-0.05, 0) is 48.5 Å². The van der Waals surface area contributed by atoms with E-state index in [2.05, 4.69) is 57.2 Å². The Morgan fingerprint density at radius 3 is 2.00 bits per heavy atom. The monoisotopic (exact) mass is 448 g/mol. The second kappa shape index (κ2) is 14.0. The summed E-state index contributed by atoms with van der Waals surface area (Å²) in [5, 5.41) is 13.3. The predicted molar refractivity (Wildman–Crippen MR) is 130 cm³/mol. The average molecular weight is 449 g/mol. The maximum absolute atomic E-state index is 11.4. The van der Waals surface area contributed by atoms with Crippen LogP contribution in [0.5, 0.6) is 0 Å². The molecule has 1 fully saturated rings. The summed E-state index contributed by atoms with van der Waals surface area (Å²) < 4.78 is 0. The van der Waals surface area contributed by atoms with Crippen molar-refractivity contribution in [2.75, 3.05) is 0 Å². The van der Waals surface area contributed by atoms with Crippen LogP contribution >= 0.6 is 0 Å². The van der Waals surface area contributed by atoms with Gasteiger partial charge in [-0.1, -0.05) is 48.0 Å². The molecule has 0 bridgehead atoms. The summed E-state index contributed by atoms with van der Waals surface area (Å²) in [5.41, 5.74) is 7.55. The standard InChI is InChI=1S/C12H18N2.C10H18O.C2H4O2.CH4N2/c1-12(2,3)10-6-4-5-9-7-13-8-14-11(9)10;1-10(2,3)8-6-4-5-7-9(8)11;1-2(3)4;2-1-3/h7-8,10H,4-6H2,1-3H3;8H,4-7H2,1-3H3;1H3,(H,3,4);1H,(H3,2,3). The third-order valence-electron chi connectivity index (χ3n) is 5.74. The van der Waals surface area contributed by atoms with Crippen molar-refractivity contribution in [3.63, 3.8) is 0 Å². The van der Waals surface area contributed by atoms with Gasteiger partial charge in [-0.2, -0.15) is 0 Å². The Labute approximate surface area is 194 Å². The lowest BCUT2D eigenvalue weighted by Gasteiger charge is -2.34. The molecule has 2 unspecified atom stereocenters. The molecule has 0 aliphatic heterocycles. The Balaban J connectivity index is 0.000000475. The van der Waals surface area contributed by atoms with Crippen molar-refractivity contribution in [3.8, 4) is 0 Å². The summed E-state index contributed by atoms with van der Waals surface area (Å²) in [6.45, 7) is 14.5. The Bertz CT molecular complexity index is 717. The van der Waals surface area contributed by atoms with Gasteiger partial charge in [0, 0.05) is 31.4 Å². The molecule has 2 atom stereocenters. The Morgan fingerprint density at radius 1 is 1.06 bits per heavy atom. The van der Waals surface area contributed by atoms with E-state index in [-0.39, 0.29) is 5.41 Å². The van der Waals surface area contributed by atoms with Crippen molar-refractivity contribution in [3.05, 3.63) is 23.8 Å². The van der Waals surface area contributed by atoms with Crippen LogP contribution in [-0.4, -0.2) is 33.2 Å². The van der Waals surface area contributed by atoms with Gasteiger partial charge >= 0.3 is 0 Å².